The van der Waals surface area contributed by atoms with Gasteiger partial charge in [0.25, 0.3) is 0 Å². The summed E-state index contributed by atoms with van der Waals surface area (Å²) in [7, 11) is 0. The van der Waals surface area contributed by atoms with Crippen LogP contribution in [0.2, 0.25) is 0 Å². The van der Waals surface area contributed by atoms with Gasteiger partial charge in [0, 0.05) is 0 Å². The summed E-state index contributed by atoms with van der Waals surface area (Å²) in [5.74, 6) is 0. The molecule has 50 valence electrons. The molecule has 3 heteroatoms. The van der Waals surface area contributed by atoms with Crippen LogP contribution in [-0.2, 0) is 0 Å². The van der Waals surface area contributed by atoms with Crippen molar-refractivity contribution >= 4 is 0 Å². The molecule has 0 spiro atoms. The van der Waals surface area contributed by atoms with Crippen LogP contribution in [0.3, 0.4) is 0 Å². The van der Waals surface area contributed by atoms with Crippen LogP contribution < -0.4 is 0 Å². The Hall–Kier alpha value is -1.12. The third-order valence-corrected chi connectivity index (χ3v) is 0.879. The van der Waals surface area contributed by atoms with E-state index in [4.69, 9.17) is 0 Å². The number of nitrogens with zero attached hydrogens (tertiary/aromatic N) is 2. The van der Waals surface area contributed by atoms with E-state index in [1.807, 2.05) is 13.8 Å². The number of aryl methyl sites for hydroxylation is 2. The van der Waals surface area contributed by atoms with Gasteiger partial charge in [-0.3, -0.25) is 0 Å². The molecule has 1 aromatic rings. The van der Waals surface area contributed by atoms with Gasteiger partial charge in [0.1, 0.15) is 11.4 Å². The van der Waals surface area contributed by atoms with Crippen LogP contribution in [-0.4, -0.2) is 10.3 Å². The first-order valence-electron chi connectivity index (χ1n) is 2.56. The summed E-state index contributed by atoms with van der Waals surface area (Å²) in [5.41, 5.74) is 1.72. The molecule has 0 unspecified atom stereocenters. The molecule has 9 heavy (non-hydrogen) atoms. The fourth-order valence-electron chi connectivity index (χ4n) is 0.275. The van der Waals surface area contributed by atoms with Crippen molar-refractivity contribution in [2.24, 2.45) is 0 Å². The van der Waals surface area contributed by atoms with Crippen molar-refractivity contribution in [1.82, 2.24) is 10.3 Å². The van der Waals surface area contributed by atoms with E-state index in [-0.39, 0.29) is 0 Å². The van der Waals surface area contributed by atoms with Crippen LogP contribution in [0.4, 0.5) is 0 Å². The second-order valence-electron chi connectivity index (χ2n) is 1.44. The van der Waals surface area contributed by atoms with Crippen molar-refractivity contribution < 1.29 is 4.63 Å². The van der Waals surface area contributed by atoms with Crippen molar-refractivity contribution in [3.63, 3.8) is 0 Å². The van der Waals surface area contributed by atoms with Gasteiger partial charge in [-0.25, -0.2) is 4.63 Å². The van der Waals surface area contributed by atoms with Crippen LogP contribution in [0.25, 0.3) is 0 Å². The van der Waals surface area contributed by atoms with Crippen molar-refractivity contribution in [3.05, 3.63) is 24.5 Å². The first kappa shape index (κ1) is 7.88. The summed E-state index contributed by atoms with van der Waals surface area (Å²) >= 11 is 0. The third-order valence-electron chi connectivity index (χ3n) is 0.879. The fourth-order valence-corrected chi connectivity index (χ4v) is 0.275. The van der Waals surface area contributed by atoms with Crippen LogP contribution in [0.15, 0.2) is 17.8 Å². The Bertz CT molecular complexity index is 155. The first-order chi connectivity index (χ1) is 4.30. The van der Waals surface area contributed by atoms with Gasteiger partial charge >= 0.3 is 0 Å². The second-order valence-corrected chi connectivity index (χ2v) is 1.44. The molecule has 1 heterocycles. The van der Waals surface area contributed by atoms with Crippen LogP contribution in [0.1, 0.15) is 11.4 Å². The Morgan fingerprint density at radius 2 is 1.44 bits per heavy atom. The summed E-state index contributed by atoms with van der Waals surface area (Å²) in [4.78, 5) is 0. The molecule has 0 amide bonds. The largest absolute Gasteiger partial charge is 0.244 e. The quantitative estimate of drug-likeness (QED) is 0.494. The summed E-state index contributed by atoms with van der Waals surface area (Å²) < 4.78 is 4.34. The lowest BCUT2D eigenvalue weighted by atomic mass is 10.4. The number of rotatable bonds is 0. The molecule has 0 aliphatic heterocycles. The first-order valence-corrected chi connectivity index (χ1v) is 2.56. The molecule has 0 bridgehead atoms. The van der Waals surface area contributed by atoms with Crippen molar-refractivity contribution in [2.45, 2.75) is 13.8 Å². The summed E-state index contributed by atoms with van der Waals surface area (Å²) in [6.45, 7) is 9.71. The van der Waals surface area contributed by atoms with Gasteiger partial charge in [-0.2, -0.15) is 0 Å². The topological polar surface area (TPSA) is 38.9 Å². The Balaban J connectivity index is 0.000000291. The van der Waals surface area contributed by atoms with E-state index in [1.165, 1.54) is 0 Å². The zero-order valence-corrected chi connectivity index (χ0v) is 5.72. The van der Waals surface area contributed by atoms with Crippen LogP contribution in [0.5, 0.6) is 0 Å². The van der Waals surface area contributed by atoms with Crippen LogP contribution in [0, 0.1) is 13.8 Å². The predicted molar refractivity (Wildman–Crippen MR) is 35.0 cm³/mol. The molecule has 0 saturated heterocycles. The van der Waals surface area contributed by atoms with Crippen LogP contribution >= 0.6 is 0 Å². The maximum absolute atomic E-state index is 4.34. The number of aromatic nitrogens is 2. The Morgan fingerprint density at radius 1 is 1.11 bits per heavy atom. The van der Waals surface area contributed by atoms with Crippen molar-refractivity contribution in [3.8, 4) is 0 Å². The highest BCUT2D eigenvalue weighted by Gasteiger charge is 1.93. The van der Waals surface area contributed by atoms with Gasteiger partial charge in [0.05, 0.1) is 0 Å². The highest BCUT2D eigenvalue weighted by molar-refractivity contribution is 5.00. The van der Waals surface area contributed by atoms with E-state index in [0.29, 0.717) is 0 Å². The van der Waals surface area contributed by atoms with Crippen molar-refractivity contribution in [1.29, 1.82) is 0 Å². The lowest BCUT2D eigenvalue weighted by Gasteiger charge is -1.71. The monoisotopic (exact) mass is 126 g/mol. The number of hydrogen-bond acceptors (Lipinski definition) is 3. The third kappa shape index (κ3) is 2.08. The Kier molecular flexibility index (Phi) is 3.35. The summed E-state index contributed by atoms with van der Waals surface area (Å²) in [5, 5.41) is 7.06. The van der Waals surface area contributed by atoms with E-state index in [1.54, 1.807) is 0 Å². The van der Waals surface area contributed by atoms with Gasteiger partial charge in [-0.1, -0.05) is 10.3 Å². The minimum Gasteiger partial charge on any atom is -0.244 e. The highest BCUT2D eigenvalue weighted by Crippen LogP contribution is 1.94. The minimum atomic E-state index is 0.861. The number of hydrogen-bond donors (Lipinski definition) is 0. The highest BCUT2D eigenvalue weighted by atomic mass is 16.6. The summed E-state index contributed by atoms with van der Waals surface area (Å²) in [6.07, 6.45) is 0. The van der Waals surface area contributed by atoms with E-state index >= 15 is 0 Å². The van der Waals surface area contributed by atoms with E-state index < -0.39 is 0 Å². The molecular weight excluding hydrogens is 116 g/mol. The standard InChI is InChI=1S/C4H6N2O.C2H4/c1-3-4(2)6-7-5-3;1-2/h1-2H3;1-2H2. The Labute approximate surface area is 54.3 Å². The van der Waals surface area contributed by atoms with E-state index in [2.05, 4.69) is 28.1 Å². The molecule has 3 nitrogen and oxygen atoms in total. The van der Waals surface area contributed by atoms with Gasteiger partial charge in [0.15, 0.2) is 0 Å². The van der Waals surface area contributed by atoms with E-state index in [9.17, 15) is 0 Å². The lowest BCUT2D eigenvalue weighted by molar-refractivity contribution is 0.302. The zero-order chi connectivity index (χ0) is 7.28. The molecule has 0 fully saturated rings. The van der Waals surface area contributed by atoms with Crippen molar-refractivity contribution in [2.75, 3.05) is 0 Å². The molecule has 0 atom stereocenters. The Morgan fingerprint density at radius 3 is 1.56 bits per heavy atom. The molecule has 1 rings (SSSR count). The minimum absolute atomic E-state index is 0.861. The van der Waals surface area contributed by atoms with Gasteiger partial charge in [-0.15, -0.1) is 13.2 Å². The average Bonchev–Trinajstić information content (AvgIpc) is 2.23. The second kappa shape index (κ2) is 3.83. The molecule has 0 radical (unpaired) electrons. The molecule has 0 aliphatic rings. The van der Waals surface area contributed by atoms with Gasteiger partial charge in [0.2, 0.25) is 0 Å². The molecule has 0 N–H and O–H groups in total. The molecule has 0 saturated carbocycles. The zero-order valence-electron chi connectivity index (χ0n) is 5.72. The average molecular weight is 126 g/mol. The molecular formula is C6H10N2O. The maximum atomic E-state index is 4.34. The normalized spacial score (nSPS) is 7.78. The molecule has 1 aromatic heterocycles. The SMILES string of the molecule is C=C.Cc1nonc1C. The predicted octanol–water partition coefficient (Wildman–Crippen LogP) is 1.49. The van der Waals surface area contributed by atoms with E-state index in [0.717, 1.165) is 11.4 Å². The smallest absolute Gasteiger partial charge is 0.104 e. The molecule has 0 aromatic carbocycles. The maximum Gasteiger partial charge on any atom is 0.104 e. The molecule has 0 aliphatic carbocycles. The fraction of sp³-hybridized carbons (Fsp3) is 0.333. The summed E-state index contributed by atoms with van der Waals surface area (Å²) in [6, 6.07) is 0. The van der Waals surface area contributed by atoms with Gasteiger partial charge < -0.3 is 0 Å². The lowest BCUT2D eigenvalue weighted by Crippen LogP contribution is -1.71. The van der Waals surface area contributed by atoms with Gasteiger partial charge in [-0.05, 0) is 13.8 Å².